The second-order valence-electron chi connectivity index (χ2n) is 4.07. The van der Waals surface area contributed by atoms with Gasteiger partial charge in [-0.3, -0.25) is 4.98 Å². The van der Waals surface area contributed by atoms with Crippen LogP contribution >= 0.6 is 0 Å². The van der Waals surface area contributed by atoms with Crippen molar-refractivity contribution in [2.24, 2.45) is 0 Å². The van der Waals surface area contributed by atoms with Gasteiger partial charge in [-0.2, -0.15) is 0 Å². The Labute approximate surface area is 106 Å². The fourth-order valence-corrected chi connectivity index (χ4v) is 1.82. The van der Waals surface area contributed by atoms with Crippen LogP contribution in [-0.2, 0) is 0 Å². The van der Waals surface area contributed by atoms with E-state index in [-0.39, 0.29) is 0 Å². The van der Waals surface area contributed by atoms with Gasteiger partial charge in [0.2, 0.25) is 0 Å². The van der Waals surface area contributed by atoms with E-state index in [1.807, 2.05) is 45.2 Å². The molecule has 0 N–H and O–H groups in total. The summed E-state index contributed by atoms with van der Waals surface area (Å²) in [6.45, 7) is 16.6. The maximum absolute atomic E-state index is 4.39. The van der Waals surface area contributed by atoms with E-state index in [0.717, 1.165) is 10.6 Å². The Hall–Kier alpha value is -1.37. The molecule has 0 bridgehead atoms. The maximum atomic E-state index is 4.39. The first-order valence-electron chi connectivity index (χ1n) is 6.35. The van der Waals surface area contributed by atoms with Gasteiger partial charge in [0.05, 0.1) is 5.35 Å². The predicted octanol–water partition coefficient (Wildman–Crippen LogP) is 3.31. The molecule has 0 aliphatic heterocycles. The van der Waals surface area contributed by atoms with Crippen LogP contribution in [0.5, 0.6) is 0 Å². The van der Waals surface area contributed by atoms with Crippen LogP contribution in [0.3, 0.4) is 0 Å². The standard InChI is InChI=1S/C14H19N.C2H6/c1-6-7-8-13-12(5)14(10(2)3)11(4)9-15-13;1-2/h6-10H,5H2,1-4H3;1-2H3/b7-6-,13-8+;. The third-order valence-corrected chi connectivity index (χ3v) is 2.48. The minimum absolute atomic E-state index is 0.498. The van der Waals surface area contributed by atoms with Gasteiger partial charge >= 0.3 is 0 Å². The molecule has 0 fully saturated rings. The van der Waals surface area contributed by atoms with Crippen molar-refractivity contribution in [2.45, 2.75) is 47.5 Å². The molecule has 0 saturated heterocycles. The zero-order chi connectivity index (χ0) is 13.4. The van der Waals surface area contributed by atoms with Crippen molar-refractivity contribution < 1.29 is 0 Å². The molecular formula is C16H25N. The summed E-state index contributed by atoms with van der Waals surface area (Å²) in [6, 6.07) is 0. The van der Waals surface area contributed by atoms with Crippen molar-refractivity contribution in [2.75, 3.05) is 0 Å². The van der Waals surface area contributed by atoms with Crippen LogP contribution in [0, 0.1) is 6.92 Å². The smallest absolute Gasteiger partial charge is 0.0698 e. The average molecular weight is 231 g/mol. The fraction of sp³-hybridized carbons (Fsp3) is 0.438. The summed E-state index contributed by atoms with van der Waals surface area (Å²) in [4.78, 5) is 4.39. The molecule has 1 rings (SSSR count). The molecule has 0 atom stereocenters. The molecule has 1 heteroatoms. The molecule has 94 valence electrons. The SMILES string of the molecule is C=c1c(C(C)C)c(C)cn/c1=C/C=C\C.CC. The van der Waals surface area contributed by atoms with Gasteiger partial charge in [0, 0.05) is 6.20 Å². The van der Waals surface area contributed by atoms with E-state index in [2.05, 4.69) is 32.3 Å². The van der Waals surface area contributed by atoms with E-state index in [1.54, 1.807) is 0 Å². The highest BCUT2D eigenvalue weighted by molar-refractivity contribution is 5.39. The van der Waals surface area contributed by atoms with Crippen molar-refractivity contribution in [3.63, 3.8) is 0 Å². The largest absolute Gasteiger partial charge is 0.256 e. The number of nitrogens with zero attached hydrogens (tertiary/aromatic N) is 1. The van der Waals surface area contributed by atoms with E-state index < -0.39 is 0 Å². The van der Waals surface area contributed by atoms with Gasteiger partial charge in [0.1, 0.15) is 0 Å². The Bertz CT molecular complexity index is 467. The molecule has 0 spiro atoms. The van der Waals surface area contributed by atoms with Gasteiger partial charge in [0.25, 0.3) is 0 Å². The minimum Gasteiger partial charge on any atom is -0.256 e. The van der Waals surface area contributed by atoms with Crippen LogP contribution in [0.15, 0.2) is 18.3 Å². The first-order valence-corrected chi connectivity index (χ1v) is 6.35. The molecule has 1 aromatic heterocycles. The summed E-state index contributed by atoms with van der Waals surface area (Å²) in [5, 5.41) is 2.03. The highest BCUT2D eigenvalue weighted by Crippen LogP contribution is 2.11. The summed E-state index contributed by atoms with van der Waals surface area (Å²) < 4.78 is 0. The van der Waals surface area contributed by atoms with Crippen molar-refractivity contribution in [1.82, 2.24) is 4.98 Å². The minimum atomic E-state index is 0.498. The van der Waals surface area contributed by atoms with E-state index in [9.17, 15) is 0 Å². The monoisotopic (exact) mass is 231 g/mol. The van der Waals surface area contributed by atoms with Gasteiger partial charge in [-0.05, 0) is 42.2 Å². The molecule has 0 aliphatic rings. The van der Waals surface area contributed by atoms with Crippen molar-refractivity contribution in [3.05, 3.63) is 40.0 Å². The van der Waals surface area contributed by atoms with E-state index >= 15 is 0 Å². The van der Waals surface area contributed by atoms with Crippen LogP contribution in [0.1, 0.15) is 51.7 Å². The van der Waals surface area contributed by atoms with Gasteiger partial charge in [-0.25, -0.2) is 0 Å². The topological polar surface area (TPSA) is 12.9 Å². The second-order valence-corrected chi connectivity index (χ2v) is 4.07. The molecule has 0 saturated carbocycles. The lowest BCUT2D eigenvalue weighted by Crippen LogP contribution is -2.31. The number of pyridine rings is 1. The van der Waals surface area contributed by atoms with Crippen LogP contribution in [0.2, 0.25) is 0 Å². The Morgan fingerprint density at radius 2 is 1.88 bits per heavy atom. The van der Waals surface area contributed by atoms with Crippen LogP contribution in [-0.4, -0.2) is 4.98 Å². The van der Waals surface area contributed by atoms with E-state index in [4.69, 9.17) is 0 Å². The molecule has 0 radical (unpaired) electrons. The fourth-order valence-electron chi connectivity index (χ4n) is 1.82. The summed E-state index contributed by atoms with van der Waals surface area (Å²) in [6.07, 6.45) is 7.93. The molecular weight excluding hydrogens is 206 g/mol. The lowest BCUT2D eigenvalue weighted by molar-refractivity contribution is 0.839. The predicted molar refractivity (Wildman–Crippen MR) is 78.5 cm³/mol. The van der Waals surface area contributed by atoms with Gasteiger partial charge in [-0.15, -0.1) is 0 Å². The first kappa shape index (κ1) is 15.6. The summed E-state index contributed by atoms with van der Waals surface area (Å²) in [7, 11) is 0. The third-order valence-electron chi connectivity index (χ3n) is 2.48. The molecule has 1 aromatic rings. The summed E-state index contributed by atoms with van der Waals surface area (Å²) in [5.41, 5.74) is 2.55. The summed E-state index contributed by atoms with van der Waals surface area (Å²) >= 11 is 0. The lowest BCUT2D eigenvalue weighted by Gasteiger charge is -2.09. The number of aryl methyl sites for hydroxylation is 1. The highest BCUT2D eigenvalue weighted by Gasteiger charge is 2.04. The van der Waals surface area contributed by atoms with Crippen molar-refractivity contribution >= 4 is 12.7 Å². The Balaban J connectivity index is 0.00000121. The third kappa shape index (κ3) is 4.18. The Morgan fingerprint density at radius 1 is 1.29 bits per heavy atom. The lowest BCUT2D eigenvalue weighted by atomic mass is 9.98. The average Bonchev–Trinajstić information content (AvgIpc) is 2.30. The number of hydrogen-bond donors (Lipinski definition) is 0. The van der Waals surface area contributed by atoms with Gasteiger partial charge in [0.15, 0.2) is 0 Å². The molecule has 1 heterocycles. The molecule has 1 nitrogen and oxygen atoms in total. The van der Waals surface area contributed by atoms with Gasteiger partial charge < -0.3 is 0 Å². The molecule has 0 unspecified atom stereocenters. The van der Waals surface area contributed by atoms with E-state index in [1.165, 1.54) is 11.1 Å². The zero-order valence-electron chi connectivity index (χ0n) is 12.0. The van der Waals surface area contributed by atoms with Crippen LogP contribution in [0.25, 0.3) is 12.7 Å². The maximum Gasteiger partial charge on any atom is 0.0698 e. The normalized spacial score (nSPS) is 11.8. The molecule has 0 aliphatic carbocycles. The number of aromatic nitrogens is 1. The van der Waals surface area contributed by atoms with E-state index in [0.29, 0.717) is 5.92 Å². The summed E-state index contributed by atoms with van der Waals surface area (Å²) in [5.74, 6) is 0.498. The molecule has 0 amide bonds. The first-order chi connectivity index (χ1) is 8.07. The van der Waals surface area contributed by atoms with Gasteiger partial charge in [-0.1, -0.05) is 46.4 Å². The number of hydrogen-bond acceptors (Lipinski definition) is 1. The molecule has 17 heavy (non-hydrogen) atoms. The van der Waals surface area contributed by atoms with Crippen molar-refractivity contribution in [3.8, 4) is 0 Å². The number of allylic oxidation sites excluding steroid dienone is 2. The second kappa shape index (κ2) is 7.83. The van der Waals surface area contributed by atoms with Crippen LogP contribution < -0.4 is 10.6 Å². The number of rotatable bonds is 2. The quantitative estimate of drug-likeness (QED) is 0.761. The van der Waals surface area contributed by atoms with Crippen molar-refractivity contribution in [1.29, 1.82) is 0 Å². The highest BCUT2D eigenvalue weighted by atomic mass is 14.6. The Kier molecular flexibility index (Phi) is 7.20. The zero-order valence-corrected chi connectivity index (χ0v) is 12.0. The Morgan fingerprint density at radius 3 is 2.35 bits per heavy atom. The van der Waals surface area contributed by atoms with Crippen LogP contribution in [0.4, 0.5) is 0 Å². The molecule has 0 aromatic carbocycles.